The maximum atomic E-state index is 11.4. The zero-order valence-corrected chi connectivity index (χ0v) is 13.3. The Balaban J connectivity index is 1.49. The Morgan fingerprint density at radius 3 is 2.83 bits per heavy atom. The third kappa shape index (κ3) is 2.78. The van der Waals surface area contributed by atoms with Crippen LogP contribution in [0.25, 0.3) is 11.0 Å². The second-order valence-corrected chi connectivity index (χ2v) is 6.31. The molecule has 5 nitrogen and oxygen atoms in total. The van der Waals surface area contributed by atoms with Crippen molar-refractivity contribution in [1.29, 1.82) is 0 Å². The molecule has 0 bridgehead atoms. The van der Waals surface area contributed by atoms with E-state index in [0.717, 1.165) is 48.5 Å². The number of carboxylic acids is 1. The molecule has 2 N–H and O–H groups in total. The minimum Gasteiger partial charge on any atom is -0.478 e. The molecule has 1 fully saturated rings. The number of rotatable bonds is 4. The molecule has 0 radical (unpaired) electrons. The van der Waals surface area contributed by atoms with Crippen LogP contribution in [0.15, 0.2) is 48.5 Å². The SMILES string of the molecule is O=C(O)c1ccccc1[C@H]1CCN(Cc2nc3ccccc3[nH]2)C1. The Labute approximate surface area is 139 Å². The first-order valence-corrected chi connectivity index (χ1v) is 8.19. The predicted octanol–water partition coefficient (Wildman–Crippen LogP) is 3.25. The molecule has 122 valence electrons. The van der Waals surface area contributed by atoms with E-state index in [1.54, 1.807) is 12.1 Å². The first-order chi connectivity index (χ1) is 11.7. The van der Waals surface area contributed by atoms with Crippen molar-refractivity contribution in [2.45, 2.75) is 18.9 Å². The standard InChI is InChI=1S/C19H19N3O2/c23-19(24)15-6-2-1-5-14(15)13-9-10-22(11-13)12-18-20-16-7-3-4-8-17(16)21-18/h1-8,13H,9-12H2,(H,20,21)(H,23,24)/t13-/m0/s1. The number of H-pyrrole nitrogens is 1. The number of benzene rings is 2. The minimum atomic E-state index is -0.846. The van der Waals surface area contributed by atoms with Crippen molar-refractivity contribution < 1.29 is 9.90 Å². The molecule has 1 aliphatic rings. The summed E-state index contributed by atoms with van der Waals surface area (Å²) < 4.78 is 0. The Morgan fingerprint density at radius 2 is 2.00 bits per heavy atom. The molecule has 4 rings (SSSR count). The van der Waals surface area contributed by atoms with Crippen LogP contribution in [-0.4, -0.2) is 39.0 Å². The molecule has 1 aromatic heterocycles. The number of aromatic nitrogens is 2. The first kappa shape index (κ1) is 14.9. The van der Waals surface area contributed by atoms with Crippen LogP contribution in [0.1, 0.15) is 34.1 Å². The summed E-state index contributed by atoms with van der Waals surface area (Å²) in [6.07, 6.45) is 0.977. The number of likely N-dealkylation sites (tertiary alicyclic amines) is 1. The van der Waals surface area contributed by atoms with Gasteiger partial charge in [0.15, 0.2) is 0 Å². The summed E-state index contributed by atoms with van der Waals surface area (Å²) in [5.74, 6) is 0.381. The van der Waals surface area contributed by atoms with Gasteiger partial charge in [-0.3, -0.25) is 4.90 Å². The molecule has 0 unspecified atom stereocenters. The van der Waals surface area contributed by atoms with Gasteiger partial charge in [0.05, 0.1) is 23.1 Å². The van der Waals surface area contributed by atoms with E-state index < -0.39 is 5.97 Å². The van der Waals surface area contributed by atoms with Crippen molar-refractivity contribution in [3.63, 3.8) is 0 Å². The highest BCUT2D eigenvalue weighted by molar-refractivity contribution is 5.89. The summed E-state index contributed by atoms with van der Waals surface area (Å²) in [5, 5.41) is 9.38. The van der Waals surface area contributed by atoms with Crippen LogP contribution in [0, 0.1) is 0 Å². The van der Waals surface area contributed by atoms with Crippen LogP contribution in [0.3, 0.4) is 0 Å². The molecule has 1 aliphatic heterocycles. The van der Waals surface area contributed by atoms with Crippen molar-refractivity contribution in [2.24, 2.45) is 0 Å². The van der Waals surface area contributed by atoms with Crippen molar-refractivity contribution in [3.05, 3.63) is 65.5 Å². The van der Waals surface area contributed by atoms with Gasteiger partial charge in [0, 0.05) is 6.54 Å². The van der Waals surface area contributed by atoms with Crippen LogP contribution in [0.2, 0.25) is 0 Å². The number of imidazole rings is 1. The molecule has 0 saturated carbocycles. The Kier molecular flexibility index (Phi) is 3.78. The molecule has 3 aromatic rings. The maximum absolute atomic E-state index is 11.4. The van der Waals surface area contributed by atoms with E-state index in [0.29, 0.717) is 5.56 Å². The second-order valence-electron chi connectivity index (χ2n) is 6.31. The van der Waals surface area contributed by atoms with Gasteiger partial charge >= 0.3 is 5.97 Å². The zero-order valence-electron chi connectivity index (χ0n) is 13.3. The van der Waals surface area contributed by atoms with Gasteiger partial charge in [-0.15, -0.1) is 0 Å². The topological polar surface area (TPSA) is 69.2 Å². The first-order valence-electron chi connectivity index (χ1n) is 8.19. The monoisotopic (exact) mass is 321 g/mol. The van der Waals surface area contributed by atoms with Crippen LogP contribution in [0.4, 0.5) is 0 Å². The van der Waals surface area contributed by atoms with E-state index in [9.17, 15) is 9.90 Å². The van der Waals surface area contributed by atoms with Crippen LogP contribution < -0.4 is 0 Å². The average Bonchev–Trinajstić information content (AvgIpc) is 3.21. The van der Waals surface area contributed by atoms with Gasteiger partial charge in [-0.05, 0) is 42.6 Å². The lowest BCUT2D eigenvalue weighted by molar-refractivity contribution is 0.0695. The van der Waals surface area contributed by atoms with Crippen molar-refractivity contribution >= 4 is 17.0 Å². The fourth-order valence-corrected chi connectivity index (χ4v) is 3.57. The number of hydrogen-bond acceptors (Lipinski definition) is 3. The van der Waals surface area contributed by atoms with E-state index in [2.05, 4.69) is 14.9 Å². The normalized spacial score (nSPS) is 18.2. The van der Waals surface area contributed by atoms with Crippen molar-refractivity contribution in [2.75, 3.05) is 13.1 Å². The summed E-state index contributed by atoms with van der Waals surface area (Å²) in [7, 11) is 0. The molecule has 0 amide bonds. The Morgan fingerprint density at radius 1 is 1.21 bits per heavy atom. The number of hydrogen-bond donors (Lipinski definition) is 2. The number of nitrogens with one attached hydrogen (secondary N) is 1. The minimum absolute atomic E-state index is 0.265. The lowest BCUT2D eigenvalue weighted by atomic mass is 9.93. The largest absolute Gasteiger partial charge is 0.478 e. The highest BCUT2D eigenvalue weighted by atomic mass is 16.4. The highest BCUT2D eigenvalue weighted by Crippen LogP contribution is 2.30. The maximum Gasteiger partial charge on any atom is 0.335 e. The molecular formula is C19H19N3O2. The van der Waals surface area contributed by atoms with Gasteiger partial charge in [-0.1, -0.05) is 30.3 Å². The zero-order chi connectivity index (χ0) is 16.5. The fraction of sp³-hybridized carbons (Fsp3) is 0.263. The quantitative estimate of drug-likeness (QED) is 0.774. The second kappa shape index (κ2) is 6.09. The van der Waals surface area contributed by atoms with Gasteiger partial charge in [-0.2, -0.15) is 0 Å². The van der Waals surface area contributed by atoms with Gasteiger partial charge in [0.2, 0.25) is 0 Å². The molecule has 5 heteroatoms. The Hall–Kier alpha value is -2.66. The number of aromatic amines is 1. The van der Waals surface area contributed by atoms with E-state index in [1.165, 1.54) is 0 Å². The number of carboxylic acid groups (broad SMARTS) is 1. The van der Waals surface area contributed by atoms with E-state index in [-0.39, 0.29) is 5.92 Å². The third-order valence-corrected chi connectivity index (χ3v) is 4.72. The summed E-state index contributed by atoms with van der Waals surface area (Å²) >= 11 is 0. The summed E-state index contributed by atoms with van der Waals surface area (Å²) in [5.41, 5.74) is 3.41. The fourth-order valence-electron chi connectivity index (χ4n) is 3.57. The summed E-state index contributed by atoms with van der Waals surface area (Å²) in [4.78, 5) is 21.7. The van der Waals surface area contributed by atoms with E-state index >= 15 is 0 Å². The number of fused-ring (bicyclic) bond motifs is 1. The van der Waals surface area contributed by atoms with Crippen LogP contribution in [-0.2, 0) is 6.54 Å². The van der Waals surface area contributed by atoms with Crippen molar-refractivity contribution in [3.8, 4) is 0 Å². The molecule has 0 aliphatic carbocycles. The predicted molar refractivity (Wildman–Crippen MR) is 92.1 cm³/mol. The van der Waals surface area contributed by atoms with E-state index in [4.69, 9.17) is 0 Å². The van der Waals surface area contributed by atoms with Crippen LogP contribution >= 0.6 is 0 Å². The number of para-hydroxylation sites is 2. The summed E-state index contributed by atoms with van der Waals surface area (Å²) in [6.45, 7) is 2.58. The Bertz CT molecular complexity index is 854. The average molecular weight is 321 g/mol. The lowest BCUT2D eigenvalue weighted by Gasteiger charge is -2.16. The van der Waals surface area contributed by atoms with Gasteiger partial charge in [0.25, 0.3) is 0 Å². The van der Waals surface area contributed by atoms with Gasteiger partial charge in [0.1, 0.15) is 5.82 Å². The molecule has 0 spiro atoms. The number of aromatic carboxylic acids is 1. The molecule has 2 heterocycles. The molecule has 24 heavy (non-hydrogen) atoms. The van der Waals surface area contributed by atoms with Crippen LogP contribution in [0.5, 0.6) is 0 Å². The number of nitrogens with zero attached hydrogens (tertiary/aromatic N) is 2. The molecule has 2 aromatic carbocycles. The van der Waals surface area contributed by atoms with Gasteiger partial charge in [-0.25, -0.2) is 9.78 Å². The third-order valence-electron chi connectivity index (χ3n) is 4.72. The molecule has 1 atom stereocenters. The van der Waals surface area contributed by atoms with Gasteiger partial charge < -0.3 is 10.1 Å². The molecular weight excluding hydrogens is 302 g/mol. The number of carbonyl (C=O) groups is 1. The van der Waals surface area contributed by atoms with Crippen molar-refractivity contribution in [1.82, 2.24) is 14.9 Å². The lowest BCUT2D eigenvalue weighted by Crippen LogP contribution is -2.21. The summed E-state index contributed by atoms with van der Waals surface area (Å²) in [6, 6.07) is 15.4. The molecule has 1 saturated heterocycles. The van der Waals surface area contributed by atoms with E-state index in [1.807, 2.05) is 36.4 Å². The smallest absolute Gasteiger partial charge is 0.335 e. The highest BCUT2D eigenvalue weighted by Gasteiger charge is 2.27.